The van der Waals surface area contributed by atoms with Crippen LogP contribution >= 0.6 is 11.8 Å². The zero-order chi connectivity index (χ0) is 12.7. The van der Waals surface area contributed by atoms with E-state index in [-0.39, 0.29) is 5.97 Å². The number of aromatic nitrogens is 2. The van der Waals surface area contributed by atoms with Crippen LogP contribution in [0.4, 0.5) is 0 Å². The summed E-state index contributed by atoms with van der Waals surface area (Å²) >= 11 is 1.47. The molecular formula is C11H17N3O2S. The Balaban J connectivity index is 2.37. The Kier molecular flexibility index (Phi) is 5.37. The molecule has 1 heterocycles. The molecule has 0 aliphatic heterocycles. The van der Waals surface area contributed by atoms with E-state index in [0.717, 1.165) is 0 Å². The molecule has 0 saturated heterocycles. The minimum Gasteiger partial charge on any atom is -0.465 e. The number of rotatable bonds is 6. The molecule has 6 heteroatoms. The zero-order valence-electron chi connectivity index (χ0n) is 10.0. The van der Waals surface area contributed by atoms with Crippen molar-refractivity contribution in [3.05, 3.63) is 18.5 Å². The van der Waals surface area contributed by atoms with Crippen LogP contribution < -0.4 is 5.73 Å². The van der Waals surface area contributed by atoms with E-state index < -0.39 is 5.54 Å². The molecule has 1 aromatic rings. The average Bonchev–Trinajstić information content (AvgIpc) is 2.30. The van der Waals surface area contributed by atoms with Gasteiger partial charge >= 0.3 is 5.97 Å². The summed E-state index contributed by atoms with van der Waals surface area (Å²) in [5.41, 5.74) is 4.94. The van der Waals surface area contributed by atoms with Crippen LogP contribution in [0.3, 0.4) is 0 Å². The lowest BCUT2D eigenvalue weighted by Gasteiger charge is -2.21. The van der Waals surface area contributed by atoms with Crippen LogP contribution in [-0.4, -0.2) is 33.8 Å². The van der Waals surface area contributed by atoms with Crippen molar-refractivity contribution in [1.29, 1.82) is 0 Å². The van der Waals surface area contributed by atoms with Gasteiger partial charge in [0, 0.05) is 18.1 Å². The SMILES string of the molecule is CCOC(=O)C(C)(N)CCSc1ncccn1. The minimum absolute atomic E-state index is 0.348. The van der Waals surface area contributed by atoms with Crippen molar-refractivity contribution in [2.24, 2.45) is 5.73 Å². The van der Waals surface area contributed by atoms with Crippen molar-refractivity contribution >= 4 is 17.7 Å². The number of thioether (sulfide) groups is 1. The van der Waals surface area contributed by atoms with Crippen LogP contribution in [0.15, 0.2) is 23.6 Å². The average molecular weight is 255 g/mol. The number of carbonyl (C=O) groups excluding carboxylic acids is 1. The summed E-state index contributed by atoms with van der Waals surface area (Å²) in [4.78, 5) is 19.7. The number of ether oxygens (including phenoxy) is 1. The molecule has 1 aromatic heterocycles. The van der Waals surface area contributed by atoms with Gasteiger partial charge in [-0.15, -0.1) is 0 Å². The van der Waals surface area contributed by atoms with Crippen LogP contribution in [0, 0.1) is 0 Å². The molecule has 0 bridgehead atoms. The van der Waals surface area contributed by atoms with Crippen LogP contribution in [0.5, 0.6) is 0 Å². The van der Waals surface area contributed by atoms with E-state index in [2.05, 4.69) is 9.97 Å². The van der Waals surface area contributed by atoms with Gasteiger partial charge < -0.3 is 10.5 Å². The topological polar surface area (TPSA) is 78.1 Å². The minimum atomic E-state index is -0.947. The normalized spacial score (nSPS) is 14.1. The number of hydrogen-bond acceptors (Lipinski definition) is 6. The van der Waals surface area contributed by atoms with E-state index in [1.807, 2.05) is 0 Å². The molecule has 1 unspecified atom stereocenters. The summed E-state index contributed by atoms with van der Waals surface area (Å²) < 4.78 is 4.90. The highest BCUT2D eigenvalue weighted by Crippen LogP contribution is 2.17. The summed E-state index contributed by atoms with van der Waals surface area (Å²) in [5, 5.41) is 0.687. The lowest BCUT2D eigenvalue weighted by atomic mass is 10.0. The molecule has 17 heavy (non-hydrogen) atoms. The Hall–Kier alpha value is -1.14. The molecule has 0 aromatic carbocycles. The van der Waals surface area contributed by atoms with Crippen molar-refractivity contribution < 1.29 is 9.53 Å². The van der Waals surface area contributed by atoms with Gasteiger partial charge in [-0.3, -0.25) is 4.79 Å². The maximum atomic E-state index is 11.5. The highest BCUT2D eigenvalue weighted by molar-refractivity contribution is 7.99. The molecule has 0 amide bonds. The van der Waals surface area contributed by atoms with Gasteiger partial charge in [-0.2, -0.15) is 0 Å². The largest absolute Gasteiger partial charge is 0.465 e. The molecule has 0 fully saturated rings. The molecule has 1 atom stereocenters. The summed E-state index contributed by atoms with van der Waals surface area (Å²) in [6.45, 7) is 3.79. The van der Waals surface area contributed by atoms with Crippen LogP contribution in [-0.2, 0) is 9.53 Å². The van der Waals surface area contributed by atoms with E-state index >= 15 is 0 Å². The number of nitrogens with zero attached hydrogens (tertiary/aromatic N) is 2. The molecule has 94 valence electrons. The van der Waals surface area contributed by atoms with Crippen molar-refractivity contribution in [1.82, 2.24) is 9.97 Å². The quantitative estimate of drug-likeness (QED) is 0.468. The summed E-state index contributed by atoms with van der Waals surface area (Å²) in [5.74, 6) is 0.310. The molecular weight excluding hydrogens is 238 g/mol. The van der Waals surface area contributed by atoms with E-state index in [4.69, 9.17) is 10.5 Å². The molecule has 5 nitrogen and oxygen atoms in total. The molecule has 0 spiro atoms. The predicted octanol–water partition coefficient (Wildman–Crippen LogP) is 1.24. The van der Waals surface area contributed by atoms with Crippen LogP contribution in [0.2, 0.25) is 0 Å². The summed E-state index contributed by atoms with van der Waals surface area (Å²) in [7, 11) is 0. The van der Waals surface area contributed by atoms with E-state index in [9.17, 15) is 4.79 Å². The highest BCUT2D eigenvalue weighted by Gasteiger charge is 2.29. The maximum absolute atomic E-state index is 11.5. The van der Waals surface area contributed by atoms with Gasteiger partial charge in [0.2, 0.25) is 0 Å². The molecule has 0 aliphatic carbocycles. The first-order valence-corrected chi connectivity index (χ1v) is 6.40. The third-order valence-corrected chi connectivity index (χ3v) is 3.01. The van der Waals surface area contributed by atoms with Gasteiger partial charge in [0.1, 0.15) is 5.54 Å². The standard InChI is InChI=1S/C11H17N3O2S/c1-3-16-9(15)11(2,12)5-8-17-10-13-6-4-7-14-10/h4,6-7H,3,5,8,12H2,1-2H3. The van der Waals surface area contributed by atoms with Crippen molar-refractivity contribution in [2.75, 3.05) is 12.4 Å². The first-order chi connectivity index (χ1) is 8.06. The smallest absolute Gasteiger partial charge is 0.325 e. The van der Waals surface area contributed by atoms with Gasteiger partial charge in [-0.1, -0.05) is 11.8 Å². The predicted molar refractivity (Wildman–Crippen MR) is 66.6 cm³/mol. The highest BCUT2D eigenvalue weighted by atomic mass is 32.2. The zero-order valence-corrected chi connectivity index (χ0v) is 10.9. The Bertz CT molecular complexity index is 357. The number of carbonyl (C=O) groups is 1. The Morgan fingerprint density at radius 3 is 2.76 bits per heavy atom. The summed E-state index contributed by atoms with van der Waals surface area (Å²) in [6, 6.07) is 1.76. The lowest BCUT2D eigenvalue weighted by Crippen LogP contribution is -2.46. The second-order valence-electron chi connectivity index (χ2n) is 3.77. The van der Waals surface area contributed by atoms with Gasteiger partial charge in [0.15, 0.2) is 5.16 Å². The van der Waals surface area contributed by atoms with Gasteiger partial charge in [-0.25, -0.2) is 9.97 Å². The first-order valence-electron chi connectivity index (χ1n) is 5.42. The maximum Gasteiger partial charge on any atom is 0.325 e. The fourth-order valence-corrected chi connectivity index (χ4v) is 2.09. The Morgan fingerprint density at radius 1 is 1.53 bits per heavy atom. The molecule has 0 aliphatic rings. The number of nitrogens with two attached hydrogens (primary N) is 1. The fourth-order valence-electron chi connectivity index (χ4n) is 1.11. The fraction of sp³-hybridized carbons (Fsp3) is 0.545. The van der Waals surface area contributed by atoms with E-state index in [1.165, 1.54) is 11.8 Å². The second-order valence-corrected chi connectivity index (χ2v) is 4.83. The van der Waals surface area contributed by atoms with Crippen LogP contribution in [0.1, 0.15) is 20.3 Å². The monoisotopic (exact) mass is 255 g/mol. The summed E-state index contributed by atoms with van der Waals surface area (Å²) in [6.07, 6.45) is 3.89. The first kappa shape index (κ1) is 13.9. The van der Waals surface area contributed by atoms with Gasteiger partial charge in [0.05, 0.1) is 6.61 Å². The van der Waals surface area contributed by atoms with Crippen molar-refractivity contribution in [3.8, 4) is 0 Å². The van der Waals surface area contributed by atoms with Crippen molar-refractivity contribution in [3.63, 3.8) is 0 Å². The van der Waals surface area contributed by atoms with E-state index in [0.29, 0.717) is 23.9 Å². The Labute approximate surface area is 105 Å². The second kappa shape index (κ2) is 6.56. The molecule has 0 saturated carbocycles. The third-order valence-electron chi connectivity index (χ3n) is 2.14. The number of esters is 1. The molecule has 1 rings (SSSR count). The van der Waals surface area contributed by atoms with Crippen molar-refractivity contribution in [2.45, 2.75) is 31.0 Å². The Morgan fingerprint density at radius 2 is 2.18 bits per heavy atom. The third kappa shape index (κ3) is 4.70. The lowest BCUT2D eigenvalue weighted by molar-refractivity contribution is -0.149. The number of hydrogen-bond donors (Lipinski definition) is 1. The van der Waals surface area contributed by atoms with Crippen LogP contribution in [0.25, 0.3) is 0 Å². The molecule has 2 N–H and O–H groups in total. The van der Waals surface area contributed by atoms with Gasteiger partial charge in [-0.05, 0) is 26.3 Å². The molecule has 0 radical (unpaired) electrons. The van der Waals surface area contributed by atoms with Gasteiger partial charge in [0.25, 0.3) is 0 Å². The van der Waals surface area contributed by atoms with E-state index in [1.54, 1.807) is 32.3 Å².